The zero-order valence-electron chi connectivity index (χ0n) is 7.68. The minimum Gasteiger partial charge on any atom is -0.238 e. The van der Waals surface area contributed by atoms with E-state index in [1.807, 2.05) is 0 Å². The molecule has 0 aromatic carbocycles. The van der Waals surface area contributed by atoms with Crippen LogP contribution >= 0.6 is 0 Å². The van der Waals surface area contributed by atoms with Gasteiger partial charge in [-0.05, 0) is 19.3 Å². The van der Waals surface area contributed by atoms with E-state index in [1.165, 1.54) is 44.9 Å². The molecule has 11 heavy (non-hydrogen) atoms. The second-order valence-corrected chi connectivity index (χ2v) is 3.55. The first-order valence-electron chi connectivity index (χ1n) is 5.10. The molecule has 1 nitrogen and oxygen atoms in total. The van der Waals surface area contributed by atoms with Crippen molar-refractivity contribution in [1.82, 2.24) is 5.32 Å². The molecule has 65 valence electrons. The van der Waals surface area contributed by atoms with Gasteiger partial charge in [-0.2, -0.15) is 0 Å². The lowest BCUT2D eigenvalue weighted by atomic mass is 9.99. The predicted molar refractivity (Wildman–Crippen MR) is 48.8 cm³/mol. The topological polar surface area (TPSA) is 14.1 Å². The number of rotatable bonds is 4. The van der Waals surface area contributed by atoms with Crippen LogP contribution in [0.5, 0.6) is 0 Å². The third-order valence-corrected chi connectivity index (χ3v) is 2.47. The molecule has 1 atom stereocenters. The fraction of sp³-hybridized carbons (Fsp3) is 1.00. The van der Waals surface area contributed by atoms with Crippen molar-refractivity contribution in [3.8, 4) is 0 Å². The van der Waals surface area contributed by atoms with Gasteiger partial charge in [0.25, 0.3) is 0 Å². The number of unbranched alkanes of at least 4 members (excludes halogenated alkanes) is 2. The molecule has 1 radical (unpaired) electrons. The molecular formula is C10H20N. The summed E-state index contributed by atoms with van der Waals surface area (Å²) in [5.74, 6) is 0. The molecule has 1 aliphatic heterocycles. The van der Waals surface area contributed by atoms with E-state index >= 15 is 0 Å². The largest absolute Gasteiger partial charge is 0.238 e. The van der Waals surface area contributed by atoms with E-state index in [1.54, 1.807) is 0 Å². The highest BCUT2D eigenvalue weighted by molar-refractivity contribution is 4.71. The van der Waals surface area contributed by atoms with Gasteiger partial charge in [-0.25, -0.2) is 5.32 Å². The quantitative estimate of drug-likeness (QED) is 0.553. The molecular weight excluding hydrogens is 134 g/mol. The van der Waals surface area contributed by atoms with Gasteiger partial charge in [0.2, 0.25) is 0 Å². The first-order chi connectivity index (χ1) is 5.43. The van der Waals surface area contributed by atoms with Crippen LogP contribution in [-0.4, -0.2) is 12.6 Å². The molecule has 0 spiro atoms. The van der Waals surface area contributed by atoms with Crippen molar-refractivity contribution in [3.63, 3.8) is 0 Å². The van der Waals surface area contributed by atoms with Crippen LogP contribution in [-0.2, 0) is 0 Å². The summed E-state index contributed by atoms with van der Waals surface area (Å²) in [5.41, 5.74) is 0. The van der Waals surface area contributed by atoms with E-state index in [0.717, 1.165) is 12.6 Å². The number of hydrogen-bond acceptors (Lipinski definition) is 0. The van der Waals surface area contributed by atoms with Crippen molar-refractivity contribution in [3.05, 3.63) is 0 Å². The van der Waals surface area contributed by atoms with Crippen LogP contribution in [0.4, 0.5) is 0 Å². The Morgan fingerprint density at radius 2 is 2.18 bits per heavy atom. The summed E-state index contributed by atoms with van der Waals surface area (Å²) < 4.78 is 0. The molecule has 0 saturated carbocycles. The molecule has 0 aromatic rings. The highest BCUT2D eigenvalue weighted by Gasteiger charge is 2.12. The molecule has 1 rings (SSSR count). The van der Waals surface area contributed by atoms with E-state index in [2.05, 4.69) is 12.2 Å². The van der Waals surface area contributed by atoms with Gasteiger partial charge in [-0.3, -0.25) is 0 Å². The van der Waals surface area contributed by atoms with Crippen molar-refractivity contribution < 1.29 is 0 Å². The zero-order chi connectivity index (χ0) is 7.94. The van der Waals surface area contributed by atoms with Crippen LogP contribution < -0.4 is 5.32 Å². The molecule has 0 amide bonds. The molecule has 1 aliphatic rings. The normalized spacial score (nSPS) is 25.4. The molecule has 0 N–H and O–H groups in total. The van der Waals surface area contributed by atoms with Crippen LogP contribution in [0.1, 0.15) is 51.9 Å². The zero-order valence-corrected chi connectivity index (χ0v) is 7.68. The smallest absolute Gasteiger partial charge is 0.0246 e. The Labute approximate surface area is 70.6 Å². The molecule has 0 aromatic heterocycles. The maximum atomic E-state index is 4.60. The average molecular weight is 154 g/mol. The molecule has 0 aliphatic carbocycles. The van der Waals surface area contributed by atoms with Crippen molar-refractivity contribution in [2.45, 2.75) is 57.9 Å². The molecule has 0 bridgehead atoms. The number of hydrogen-bond donors (Lipinski definition) is 0. The molecule has 1 heteroatoms. The Morgan fingerprint density at radius 1 is 1.27 bits per heavy atom. The molecule has 1 saturated heterocycles. The van der Waals surface area contributed by atoms with Gasteiger partial charge in [-0.15, -0.1) is 0 Å². The lowest BCUT2D eigenvalue weighted by Gasteiger charge is -2.21. The van der Waals surface area contributed by atoms with Crippen molar-refractivity contribution in [2.24, 2.45) is 0 Å². The predicted octanol–water partition coefficient (Wildman–Crippen LogP) is 2.72. The fourth-order valence-corrected chi connectivity index (χ4v) is 1.72. The highest BCUT2D eigenvalue weighted by Crippen LogP contribution is 2.14. The fourth-order valence-electron chi connectivity index (χ4n) is 1.72. The maximum absolute atomic E-state index is 4.60. The van der Waals surface area contributed by atoms with Gasteiger partial charge in [0, 0.05) is 12.6 Å². The first kappa shape index (κ1) is 9.05. The van der Waals surface area contributed by atoms with E-state index in [-0.39, 0.29) is 0 Å². The van der Waals surface area contributed by atoms with Crippen LogP contribution in [0.2, 0.25) is 0 Å². The van der Waals surface area contributed by atoms with E-state index in [9.17, 15) is 0 Å². The van der Waals surface area contributed by atoms with Gasteiger partial charge in [-0.1, -0.05) is 32.6 Å². The van der Waals surface area contributed by atoms with Crippen molar-refractivity contribution in [2.75, 3.05) is 6.54 Å². The third-order valence-electron chi connectivity index (χ3n) is 2.47. The summed E-state index contributed by atoms with van der Waals surface area (Å²) in [4.78, 5) is 0. The molecule has 1 heterocycles. The van der Waals surface area contributed by atoms with Crippen LogP contribution in [0, 0.1) is 0 Å². The number of nitrogens with zero attached hydrogens (tertiary/aromatic N) is 1. The Balaban J connectivity index is 1.96. The van der Waals surface area contributed by atoms with Gasteiger partial charge < -0.3 is 0 Å². The summed E-state index contributed by atoms with van der Waals surface area (Å²) in [6, 6.07) is 0.732. The average Bonchev–Trinajstić information content (AvgIpc) is 2.07. The Morgan fingerprint density at radius 3 is 2.82 bits per heavy atom. The lowest BCUT2D eigenvalue weighted by Crippen LogP contribution is -2.27. The van der Waals surface area contributed by atoms with Gasteiger partial charge >= 0.3 is 0 Å². The highest BCUT2D eigenvalue weighted by atomic mass is 14.9. The SMILES string of the molecule is CCCCCC1CCCC[N]1. The molecule has 1 unspecified atom stereocenters. The summed E-state index contributed by atoms with van der Waals surface area (Å²) in [6.45, 7) is 3.40. The standard InChI is InChI=1S/C10H20N/c1-2-3-4-7-10-8-5-6-9-11-10/h10H,2-9H2,1H3. The second kappa shape index (κ2) is 5.59. The van der Waals surface area contributed by atoms with E-state index in [4.69, 9.17) is 0 Å². The Hall–Kier alpha value is -0.0400. The van der Waals surface area contributed by atoms with Crippen LogP contribution in [0.3, 0.4) is 0 Å². The minimum absolute atomic E-state index is 0.732. The van der Waals surface area contributed by atoms with Crippen molar-refractivity contribution >= 4 is 0 Å². The van der Waals surface area contributed by atoms with Crippen molar-refractivity contribution in [1.29, 1.82) is 0 Å². The summed E-state index contributed by atoms with van der Waals surface area (Å²) in [7, 11) is 0. The van der Waals surface area contributed by atoms with Crippen LogP contribution in [0.15, 0.2) is 0 Å². The molecule has 1 fully saturated rings. The summed E-state index contributed by atoms with van der Waals surface area (Å²) >= 11 is 0. The van der Waals surface area contributed by atoms with E-state index < -0.39 is 0 Å². The second-order valence-electron chi connectivity index (χ2n) is 3.55. The van der Waals surface area contributed by atoms with E-state index in [0.29, 0.717) is 0 Å². The summed E-state index contributed by atoms with van der Waals surface area (Å²) in [6.07, 6.45) is 9.60. The minimum atomic E-state index is 0.732. The van der Waals surface area contributed by atoms with Gasteiger partial charge in [0.15, 0.2) is 0 Å². The lowest BCUT2D eigenvalue weighted by molar-refractivity contribution is 0.365. The Bertz CT molecular complexity index is 84.9. The maximum Gasteiger partial charge on any atom is 0.0246 e. The number of piperidine rings is 1. The van der Waals surface area contributed by atoms with Gasteiger partial charge in [0.05, 0.1) is 0 Å². The third kappa shape index (κ3) is 3.76. The first-order valence-corrected chi connectivity index (χ1v) is 5.10. The Kier molecular flexibility index (Phi) is 4.60. The monoisotopic (exact) mass is 154 g/mol. The summed E-state index contributed by atoms with van der Waals surface area (Å²) in [5, 5.41) is 4.60. The van der Waals surface area contributed by atoms with Gasteiger partial charge in [0.1, 0.15) is 0 Å². The van der Waals surface area contributed by atoms with Crippen LogP contribution in [0.25, 0.3) is 0 Å².